The fourth-order valence-electron chi connectivity index (χ4n) is 3.46. The van der Waals surface area contributed by atoms with E-state index in [4.69, 9.17) is 6.42 Å². The highest BCUT2D eigenvalue weighted by Crippen LogP contribution is 2.43. The van der Waals surface area contributed by atoms with Gasteiger partial charge in [0, 0.05) is 17.6 Å². The van der Waals surface area contributed by atoms with Crippen molar-refractivity contribution in [1.29, 1.82) is 0 Å². The van der Waals surface area contributed by atoms with Gasteiger partial charge in [0.05, 0.1) is 6.04 Å². The van der Waals surface area contributed by atoms with Gasteiger partial charge in [-0.05, 0) is 43.2 Å². The normalized spacial score (nSPS) is 28.6. The summed E-state index contributed by atoms with van der Waals surface area (Å²) in [5.74, 6) is 3.24. The Labute approximate surface area is 121 Å². The van der Waals surface area contributed by atoms with Gasteiger partial charge in [-0.2, -0.15) is 0 Å². The molecule has 0 aliphatic carbocycles. The predicted molar refractivity (Wildman–Crippen MR) is 84.4 cm³/mol. The second-order valence-electron chi connectivity index (χ2n) is 5.40. The van der Waals surface area contributed by atoms with Gasteiger partial charge in [0.2, 0.25) is 0 Å². The third-order valence-electron chi connectivity index (χ3n) is 4.27. The molecular formula is C18H20N2. The van der Waals surface area contributed by atoms with Crippen LogP contribution in [-0.4, -0.2) is 12.6 Å². The molecule has 3 rings (SSSR count). The summed E-state index contributed by atoms with van der Waals surface area (Å²) in [7, 11) is 0. The maximum absolute atomic E-state index is 5.49. The fourth-order valence-corrected chi connectivity index (χ4v) is 3.46. The number of benzene rings is 1. The van der Waals surface area contributed by atoms with Crippen LogP contribution >= 0.6 is 0 Å². The number of anilines is 1. The molecule has 0 radical (unpaired) electrons. The standard InChI is InChI=1S/C18H20N2/c1-3-7-13(8-4-2)17-15-11-12-19-18(15)14-9-5-6-10-16(14)20-17/h1,4-10,15,17-20H,11-12H2,2H3/b8-4-,13-7+/t15-,17+,18+/m0/s1. The number of allylic oxidation sites excluding steroid dienone is 2. The van der Waals surface area contributed by atoms with Gasteiger partial charge < -0.3 is 10.6 Å². The van der Waals surface area contributed by atoms with Crippen molar-refractivity contribution in [3.63, 3.8) is 0 Å². The lowest BCUT2D eigenvalue weighted by Gasteiger charge is -2.37. The lowest BCUT2D eigenvalue weighted by atomic mass is 9.80. The van der Waals surface area contributed by atoms with E-state index in [0.29, 0.717) is 12.0 Å². The van der Waals surface area contributed by atoms with Crippen LogP contribution in [-0.2, 0) is 0 Å². The molecule has 0 amide bonds. The highest BCUT2D eigenvalue weighted by molar-refractivity contribution is 5.59. The minimum absolute atomic E-state index is 0.289. The Morgan fingerprint density at radius 3 is 3.05 bits per heavy atom. The van der Waals surface area contributed by atoms with Crippen LogP contribution in [0.3, 0.4) is 0 Å². The van der Waals surface area contributed by atoms with Crippen molar-refractivity contribution in [2.75, 3.05) is 11.9 Å². The second kappa shape index (κ2) is 5.56. The first-order chi connectivity index (χ1) is 9.85. The average Bonchev–Trinajstić information content (AvgIpc) is 2.96. The summed E-state index contributed by atoms with van der Waals surface area (Å²) in [6.45, 7) is 3.10. The van der Waals surface area contributed by atoms with E-state index < -0.39 is 0 Å². The van der Waals surface area contributed by atoms with Crippen molar-refractivity contribution in [1.82, 2.24) is 5.32 Å². The lowest BCUT2D eigenvalue weighted by Crippen LogP contribution is -2.39. The molecule has 2 aliphatic rings. The summed E-state index contributed by atoms with van der Waals surface area (Å²) in [4.78, 5) is 0. The molecule has 2 nitrogen and oxygen atoms in total. The molecule has 0 bridgehead atoms. The van der Waals surface area contributed by atoms with Gasteiger partial charge in [0.15, 0.2) is 0 Å². The van der Waals surface area contributed by atoms with E-state index in [0.717, 1.165) is 6.54 Å². The van der Waals surface area contributed by atoms with Crippen LogP contribution in [0.4, 0.5) is 5.69 Å². The SMILES string of the molecule is C#C/C=C(\C=C/C)[C@H]1Nc2ccccc2[C@H]2NCC[C@@H]12. The molecule has 0 aromatic heterocycles. The average molecular weight is 264 g/mol. The fraction of sp³-hybridized carbons (Fsp3) is 0.333. The number of hydrogen-bond acceptors (Lipinski definition) is 2. The van der Waals surface area contributed by atoms with Crippen molar-refractivity contribution in [3.05, 3.63) is 53.6 Å². The first-order valence-corrected chi connectivity index (χ1v) is 7.23. The molecule has 1 aromatic carbocycles. The summed E-state index contributed by atoms with van der Waals surface area (Å²) in [5.41, 5.74) is 3.80. The molecule has 0 spiro atoms. The predicted octanol–water partition coefficient (Wildman–Crippen LogP) is 3.27. The van der Waals surface area contributed by atoms with E-state index in [1.807, 2.05) is 13.0 Å². The molecule has 20 heavy (non-hydrogen) atoms. The summed E-state index contributed by atoms with van der Waals surface area (Å²) in [5, 5.41) is 7.32. The number of para-hydroxylation sites is 1. The smallest absolute Gasteiger partial charge is 0.0566 e. The molecule has 3 atom stereocenters. The van der Waals surface area contributed by atoms with E-state index in [1.54, 1.807) is 0 Å². The van der Waals surface area contributed by atoms with Gasteiger partial charge in [-0.15, -0.1) is 6.42 Å². The van der Waals surface area contributed by atoms with Crippen molar-refractivity contribution in [3.8, 4) is 12.3 Å². The van der Waals surface area contributed by atoms with E-state index in [-0.39, 0.29) is 6.04 Å². The topological polar surface area (TPSA) is 24.1 Å². The van der Waals surface area contributed by atoms with Gasteiger partial charge in [-0.1, -0.05) is 36.3 Å². The molecule has 1 fully saturated rings. The van der Waals surface area contributed by atoms with E-state index in [1.165, 1.54) is 23.2 Å². The highest BCUT2D eigenvalue weighted by atomic mass is 15.0. The Kier molecular flexibility index (Phi) is 3.62. The van der Waals surface area contributed by atoms with Crippen LogP contribution in [0.15, 0.2) is 48.1 Å². The Balaban J connectivity index is 2.02. The molecular weight excluding hydrogens is 244 g/mol. The first-order valence-electron chi connectivity index (χ1n) is 7.23. The maximum atomic E-state index is 5.49. The summed E-state index contributed by atoms with van der Waals surface area (Å²) < 4.78 is 0. The van der Waals surface area contributed by atoms with Crippen LogP contribution in [0, 0.1) is 18.3 Å². The second-order valence-corrected chi connectivity index (χ2v) is 5.40. The number of hydrogen-bond donors (Lipinski definition) is 2. The van der Waals surface area contributed by atoms with Gasteiger partial charge in [0.25, 0.3) is 0 Å². The van der Waals surface area contributed by atoms with Gasteiger partial charge in [-0.3, -0.25) is 0 Å². The largest absolute Gasteiger partial charge is 0.378 e. The quantitative estimate of drug-likeness (QED) is 0.633. The molecule has 2 N–H and O–H groups in total. The third kappa shape index (κ3) is 2.15. The maximum Gasteiger partial charge on any atom is 0.0566 e. The Morgan fingerprint density at radius 2 is 2.25 bits per heavy atom. The number of rotatable bonds is 2. The van der Waals surface area contributed by atoms with Crippen LogP contribution in [0.25, 0.3) is 0 Å². The zero-order valence-electron chi connectivity index (χ0n) is 11.8. The van der Waals surface area contributed by atoms with Gasteiger partial charge >= 0.3 is 0 Å². The number of nitrogens with one attached hydrogen (secondary N) is 2. The highest BCUT2D eigenvalue weighted by Gasteiger charge is 2.40. The Hall–Kier alpha value is -1.98. The van der Waals surface area contributed by atoms with Crippen molar-refractivity contribution >= 4 is 5.69 Å². The van der Waals surface area contributed by atoms with Crippen LogP contribution in [0.2, 0.25) is 0 Å². The van der Waals surface area contributed by atoms with Crippen LogP contribution in [0.5, 0.6) is 0 Å². The monoisotopic (exact) mass is 264 g/mol. The van der Waals surface area contributed by atoms with Gasteiger partial charge in [-0.25, -0.2) is 0 Å². The molecule has 0 unspecified atom stereocenters. The first kappa shape index (κ1) is 13.0. The summed E-state index contributed by atoms with van der Waals surface area (Å²) in [6.07, 6.45) is 12.7. The molecule has 2 heteroatoms. The van der Waals surface area contributed by atoms with Crippen LogP contribution < -0.4 is 10.6 Å². The molecule has 102 valence electrons. The third-order valence-corrected chi connectivity index (χ3v) is 4.27. The number of fused-ring (bicyclic) bond motifs is 3. The van der Waals surface area contributed by atoms with E-state index >= 15 is 0 Å². The Bertz CT molecular complexity index is 592. The summed E-state index contributed by atoms with van der Waals surface area (Å²) in [6, 6.07) is 9.29. The summed E-state index contributed by atoms with van der Waals surface area (Å²) >= 11 is 0. The lowest BCUT2D eigenvalue weighted by molar-refractivity contribution is 0.416. The molecule has 2 heterocycles. The van der Waals surface area contributed by atoms with E-state index in [2.05, 4.69) is 53.0 Å². The van der Waals surface area contributed by atoms with Crippen molar-refractivity contribution in [2.45, 2.75) is 25.4 Å². The molecule has 1 saturated heterocycles. The minimum atomic E-state index is 0.289. The zero-order valence-corrected chi connectivity index (χ0v) is 11.8. The molecule has 2 aliphatic heterocycles. The number of terminal acetylenes is 1. The minimum Gasteiger partial charge on any atom is -0.378 e. The molecule has 0 saturated carbocycles. The van der Waals surface area contributed by atoms with Crippen molar-refractivity contribution in [2.24, 2.45) is 5.92 Å². The van der Waals surface area contributed by atoms with Crippen molar-refractivity contribution < 1.29 is 0 Å². The zero-order chi connectivity index (χ0) is 13.9. The van der Waals surface area contributed by atoms with Gasteiger partial charge in [0.1, 0.15) is 0 Å². The van der Waals surface area contributed by atoms with E-state index in [9.17, 15) is 0 Å². The Morgan fingerprint density at radius 1 is 1.40 bits per heavy atom. The van der Waals surface area contributed by atoms with Crippen LogP contribution in [0.1, 0.15) is 24.9 Å². The molecule has 1 aromatic rings.